The molecule has 0 heterocycles. The predicted octanol–water partition coefficient (Wildman–Crippen LogP) is -0.0338. The molecule has 2 unspecified atom stereocenters. The van der Waals surface area contributed by atoms with Gasteiger partial charge in [0.05, 0.1) is 12.2 Å². The molecule has 0 rings (SSSR count). The van der Waals surface area contributed by atoms with Crippen molar-refractivity contribution < 1.29 is 10.2 Å². The molecule has 2 atom stereocenters. The maximum Gasteiger partial charge on any atom is 0.0553 e. The Balaban J connectivity index is 3.29. The van der Waals surface area contributed by atoms with E-state index in [1.165, 1.54) is 0 Å². The molecular formula is C10H24N2O2. The first kappa shape index (κ1) is 13.8. The molecule has 0 aromatic rings. The maximum atomic E-state index is 9.51. The van der Waals surface area contributed by atoms with Crippen LogP contribution in [-0.4, -0.2) is 35.5 Å². The van der Waals surface area contributed by atoms with Gasteiger partial charge in [-0.2, -0.15) is 0 Å². The topological polar surface area (TPSA) is 92.5 Å². The normalized spacial score (nSPS) is 15.4. The van der Waals surface area contributed by atoms with Crippen molar-refractivity contribution in [3.8, 4) is 0 Å². The number of aliphatic hydroxyl groups excluding tert-OH is 2. The Kier molecular flexibility index (Phi) is 9.29. The van der Waals surface area contributed by atoms with Crippen LogP contribution in [0.25, 0.3) is 0 Å². The molecule has 86 valence electrons. The summed E-state index contributed by atoms with van der Waals surface area (Å²) < 4.78 is 0. The highest BCUT2D eigenvalue weighted by Crippen LogP contribution is 2.09. The zero-order valence-corrected chi connectivity index (χ0v) is 8.86. The van der Waals surface area contributed by atoms with Gasteiger partial charge >= 0.3 is 0 Å². The summed E-state index contributed by atoms with van der Waals surface area (Å²) in [5, 5.41) is 18.9. The standard InChI is InChI=1S/C10H24N2O2/c11-7-2-1-3-9(13)4-5-10(14)6-8-12/h9-10,13-14H,1-8,11-12H2. The van der Waals surface area contributed by atoms with Gasteiger partial charge in [0.15, 0.2) is 0 Å². The predicted molar refractivity (Wildman–Crippen MR) is 57.8 cm³/mol. The molecule has 0 saturated carbocycles. The molecule has 0 bridgehead atoms. The van der Waals surface area contributed by atoms with Gasteiger partial charge in [-0.3, -0.25) is 0 Å². The first-order valence-corrected chi connectivity index (χ1v) is 5.47. The van der Waals surface area contributed by atoms with Crippen LogP contribution in [0, 0.1) is 0 Å². The molecular weight excluding hydrogens is 180 g/mol. The van der Waals surface area contributed by atoms with E-state index < -0.39 is 0 Å². The monoisotopic (exact) mass is 204 g/mol. The van der Waals surface area contributed by atoms with Crippen LogP contribution in [0.4, 0.5) is 0 Å². The Bertz CT molecular complexity index is 123. The number of rotatable bonds is 9. The van der Waals surface area contributed by atoms with E-state index in [2.05, 4.69) is 0 Å². The van der Waals surface area contributed by atoms with Crippen molar-refractivity contribution in [1.29, 1.82) is 0 Å². The van der Waals surface area contributed by atoms with Gasteiger partial charge in [0.2, 0.25) is 0 Å². The van der Waals surface area contributed by atoms with Gasteiger partial charge in [-0.1, -0.05) is 0 Å². The molecule has 0 aliphatic carbocycles. The maximum absolute atomic E-state index is 9.51. The average Bonchev–Trinajstić information content (AvgIpc) is 2.16. The second-order valence-corrected chi connectivity index (χ2v) is 3.75. The van der Waals surface area contributed by atoms with E-state index in [4.69, 9.17) is 11.5 Å². The van der Waals surface area contributed by atoms with E-state index in [-0.39, 0.29) is 12.2 Å². The molecule has 0 amide bonds. The largest absolute Gasteiger partial charge is 0.393 e. The number of aliphatic hydroxyl groups is 2. The highest BCUT2D eigenvalue weighted by Gasteiger charge is 2.08. The minimum atomic E-state index is -0.357. The first-order chi connectivity index (χ1) is 6.70. The Hall–Kier alpha value is -0.160. The van der Waals surface area contributed by atoms with Crippen molar-refractivity contribution in [2.75, 3.05) is 13.1 Å². The third-order valence-electron chi connectivity index (χ3n) is 2.32. The van der Waals surface area contributed by atoms with Crippen molar-refractivity contribution in [1.82, 2.24) is 0 Å². The number of unbranched alkanes of at least 4 members (excludes halogenated alkanes) is 1. The van der Waals surface area contributed by atoms with Crippen molar-refractivity contribution in [2.45, 2.75) is 50.7 Å². The Labute approximate surface area is 86.3 Å². The minimum absolute atomic E-state index is 0.297. The average molecular weight is 204 g/mol. The van der Waals surface area contributed by atoms with E-state index in [0.717, 1.165) is 19.3 Å². The van der Waals surface area contributed by atoms with Gasteiger partial charge in [-0.15, -0.1) is 0 Å². The van der Waals surface area contributed by atoms with Crippen LogP contribution in [0.1, 0.15) is 38.5 Å². The minimum Gasteiger partial charge on any atom is -0.393 e. The quantitative estimate of drug-likeness (QED) is 0.397. The molecule has 4 heteroatoms. The van der Waals surface area contributed by atoms with Crippen LogP contribution in [0.3, 0.4) is 0 Å². The van der Waals surface area contributed by atoms with Gasteiger partial charge in [-0.05, 0) is 51.6 Å². The van der Waals surface area contributed by atoms with Crippen molar-refractivity contribution in [3.05, 3.63) is 0 Å². The third kappa shape index (κ3) is 8.44. The summed E-state index contributed by atoms with van der Waals surface area (Å²) in [7, 11) is 0. The fourth-order valence-corrected chi connectivity index (χ4v) is 1.39. The van der Waals surface area contributed by atoms with Gasteiger partial charge in [-0.25, -0.2) is 0 Å². The van der Waals surface area contributed by atoms with Crippen molar-refractivity contribution >= 4 is 0 Å². The lowest BCUT2D eigenvalue weighted by Crippen LogP contribution is -2.16. The lowest BCUT2D eigenvalue weighted by Gasteiger charge is -2.13. The zero-order chi connectivity index (χ0) is 10.8. The van der Waals surface area contributed by atoms with Crippen LogP contribution in [-0.2, 0) is 0 Å². The van der Waals surface area contributed by atoms with Crippen molar-refractivity contribution in [3.63, 3.8) is 0 Å². The van der Waals surface area contributed by atoms with Gasteiger partial charge in [0, 0.05) is 0 Å². The van der Waals surface area contributed by atoms with Crippen LogP contribution < -0.4 is 11.5 Å². The molecule has 4 nitrogen and oxygen atoms in total. The van der Waals surface area contributed by atoms with Gasteiger partial charge < -0.3 is 21.7 Å². The summed E-state index contributed by atoms with van der Waals surface area (Å²) in [6.45, 7) is 1.19. The van der Waals surface area contributed by atoms with Gasteiger partial charge in [0.1, 0.15) is 0 Å². The van der Waals surface area contributed by atoms with Crippen LogP contribution >= 0.6 is 0 Å². The zero-order valence-electron chi connectivity index (χ0n) is 8.86. The summed E-state index contributed by atoms with van der Waals surface area (Å²) in [6, 6.07) is 0. The van der Waals surface area contributed by atoms with Crippen LogP contribution in [0.2, 0.25) is 0 Å². The second kappa shape index (κ2) is 9.40. The SMILES string of the molecule is NCCCCC(O)CCC(O)CCN. The summed E-state index contributed by atoms with van der Waals surface area (Å²) in [4.78, 5) is 0. The summed E-state index contributed by atoms with van der Waals surface area (Å²) in [6.07, 6.45) is 3.97. The summed E-state index contributed by atoms with van der Waals surface area (Å²) in [5.74, 6) is 0. The number of nitrogens with two attached hydrogens (primary N) is 2. The lowest BCUT2D eigenvalue weighted by atomic mass is 10.0. The van der Waals surface area contributed by atoms with E-state index in [9.17, 15) is 10.2 Å². The van der Waals surface area contributed by atoms with E-state index in [1.54, 1.807) is 0 Å². The van der Waals surface area contributed by atoms with E-state index in [0.29, 0.717) is 32.4 Å². The number of hydrogen-bond donors (Lipinski definition) is 4. The highest BCUT2D eigenvalue weighted by molar-refractivity contribution is 4.62. The number of hydrogen-bond acceptors (Lipinski definition) is 4. The second-order valence-electron chi connectivity index (χ2n) is 3.75. The molecule has 0 aromatic heterocycles. The highest BCUT2D eigenvalue weighted by atomic mass is 16.3. The first-order valence-electron chi connectivity index (χ1n) is 5.47. The molecule has 6 N–H and O–H groups in total. The smallest absolute Gasteiger partial charge is 0.0553 e. The Morgan fingerprint density at radius 2 is 1.29 bits per heavy atom. The molecule has 0 saturated heterocycles. The van der Waals surface area contributed by atoms with Crippen LogP contribution in [0.15, 0.2) is 0 Å². The Morgan fingerprint density at radius 1 is 0.714 bits per heavy atom. The summed E-state index contributed by atoms with van der Waals surface area (Å²) in [5.41, 5.74) is 10.6. The van der Waals surface area contributed by atoms with Gasteiger partial charge in [0.25, 0.3) is 0 Å². The molecule has 0 radical (unpaired) electrons. The summed E-state index contributed by atoms with van der Waals surface area (Å²) >= 11 is 0. The lowest BCUT2D eigenvalue weighted by molar-refractivity contribution is 0.104. The Morgan fingerprint density at radius 3 is 1.79 bits per heavy atom. The van der Waals surface area contributed by atoms with Crippen molar-refractivity contribution in [2.24, 2.45) is 11.5 Å². The molecule has 14 heavy (non-hydrogen) atoms. The molecule has 0 aliphatic rings. The molecule has 0 spiro atoms. The van der Waals surface area contributed by atoms with E-state index in [1.807, 2.05) is 0 Å². The fraction of sp³-hybridized carbons (Fsp3) is 1.00. The molecule has 0 aliphatic heterocycles. The fourth-order valence-electron chi connectivity index (χ4n) is 1.39. The van der Waals surface area contributed by atoms with E-state index >= 15 is 0 Å². The molecule has 0 aromatic carbocycles. The third-order valence-corrected chi connectivity index (χ3v) is 2.32. The molecule has 0 fully saturated rings. The van der Waals surface area contributed by atoms with Crippen LogP contribution in [0.5, 0.6) is 0 Å².